The van der Waals surface area contributed by atoms with Crippen molar-refractivity contribution in [1.29, 1.82) is 0 Å². The zero-order chi connectivity index (χ0) is 6.00. The molecule has 0 aromatic carbocycles. The Hall–Kier alpha value is 7.98. The maximum absolute atomic E-state index is 3.67. The quantitative estimate of drug-likeness (QED) is 0.131. The van der Waals surface area contributed by atoms with Crippen molar-refractivity contribution in [3.63, 3.8) is 0 Å². The van der Waals surface area contributed by atoms with Crippen LogP contribution in [0.1, 0.15) is 7.43 Å². The van der Waals surface area contributed by atoms with E-state index in [1.54, 1.807) is 0 Å². The number of rotatable bonds is 0. The van der Waals surface area contributed by atoms with Gasteiger partial charge in [-0.05, 0) is 0 Å². The minimum absolute atomic E-state index is 0. The van der Waals surface area contributed by atoms with Crippen LogP contribution in [0.2, 0.25) is 0 Å². The maximum Gasteiger partial charge on any atom is 2.00 e. The molecule has 0 N–H and O–H groups in total. The van der Waals surface area contributed by atoms with E-state index in [1.807, 2.05) is 0 Å². The van der Waals surface area contributed by atoms with Gasteiger partial charge >= 0.3 is 21.1 Å². The van der Waals surface area contributed by atoms with E-state index in [0.717, 1.165) is 0 Å². The summed E-state index contributed by atoms with van der Waals surface area (Å²) in [5.74, 6) is 0. The Morgan fingerprint density at radius 2 is 0.333 bits per heavy atom. The Bertz CT molecular complexity index is 21.5. The predicted octanol–water partition coefficient (Wildman–Crippen LogP) is -0.744. The van der Waals surface area contributed by atoms with Crippen LogP contribution >= 0.6 is 0 Å². The van der Waals surface area contributed by atoms with E-state index in [-0.39, 0.29) is 201 Å². The molecular weight excluding hydrogens is 940 g/mol. The summed E-state index contributed by atoms with van der Waals surface area (Å²) in [5.41, 5.74) is 0. The van der Waals surface area contributed by atoms with Crippen molar-refractivity contribution >= 4 is 137 Å². The standard InChI is InChI=1S/CH4.6Mo.3S2.5H2S/c;;;;;;;3*1-2;;;;;/h1H4;;;;;;;;;;5*1H2/q;;;;;;+2;3*-2;;;;;/p-5. The fraction of sp³-hybridized carbons (Fsp3) is 1.00. The zero-order valence-corrected chi connectivity index (χ0v) is 28.5. The van der Waals surface area contributed by atoms with Crippen LogP contribution in [0.4, 0.5) is 0 Å². The van der Waals surface area contributed by atoms with Crippen LogP contribution < -0.4 is 0 Å². The molecule has 0 aromatic heterocycles. The summed E-state index contributed by atoms with van der Waals surface area (Å²) >= 11 is 22.0. The van der Waals surface area contributed by atoms with Crippen molar-refractivity contribution in [1.82, 2.24) is 0 Å². The van der Waals surface area contributed by atoms with Gasteiger partial charge in [0, 0.05) is 105 Å². The second-order valence-corrected chi connectivity index (χ2v) is 0. The van der Waals surface area contributed by atoms with E-state index in [9.17, 15) is 0 Å². The summed E-state index contributed by atoms with van der Waals surface area (Å²) in [7, 11) is 0. The summed E-state index contributed by atoms with van der Waals surface area (Å²) < 4.78 is 0. The monoisotopic (exact) mass is 960 g/mol. The minimum Gasteiger partial charge on any atom is -1.00 e. The fourth-order valence-electron chi connectivity index (χ4n) is 0. The molecule has 0 unspecified atom stereocenters. The molecule has 0 aliphatic rings. The third-order valence-corrected chi connectivity index (χ3v) is 0. The van der Waals surface area contributed by atoms with Gasteiger partial charge in [0.2, 0.25) is 0 Å². The summed E-state index contributed by atoms with van der Waals surface area (Å²) in [4.78, 5) is 0. The van der Waals surface area contributed by atoms with E-state index in [2.05, 4.69) is 70.0 Å². The summed E-state index contributed by atoms with van der Waals surface area (Å²) in [6.45, 7) is 0. The third kappa shape index (κ3) is 199. The first-order valence-corrected chi connectivity index (χ1v) is 4.50. The first-order chi connectivity index (χ1) is 3.00. The molecule has 0 aliphatic carbocycles. The second-order valence-electron chi connectivity index (χ2n) is 0. The molecule has 0 aromatic rings. The van der Waals surface area contributed by atoms with E-state index in [0.29, 0.717) is 0 Å². The number of thiol groups is 5. The van der Waals surface area contributed by atoms with Crippen LogP contribution in [0.15, 0.2) is 0 Å². The molecule has 124 valence electrons. The van der Waals surface area contributed by atoms with Gasteiger partial charge in [-0.25, -0.2) is 0 Å². The molecule has 18 heavy (non-hydrogen) atoms. The molecule has 0 radical (unpaired) electrons. The van der Waals surface area contributed by atoms with Crippen molar-refractivity contribution < 1.29 is 126 Å². The van der Waals surface area contributed by atoms with Crippen LogP contribution in [0.5, 0.6) is 0 Å². The van der Waals surface area contributed by atoms with E-state index in [1.165, 1.54) is 0 Å². The molecule has 0 nitrogen and oxygen atoms in total. The summed E-state index contributed by atoms with van der Waals surface area (Å²) in [6.07, 6.45) is 0. The zero-order valence-electron chi connectivity index (χ0n) is 7.14. The van der Waals surface area contributed by atoms with Gasteiger partial charge in [-0.1, -0.05) is 7.43 Å². The second kappa shape index (κ2) is 226. The number of hydrogen-bond acceptors (Lipinski definition) is 11. The fourth-order valence-corrected chi connectivity index (χ4v) is 0. The average Bonchev–Trinajstić information content (AvgIpc) is 1.81. The third-order valence-electron chi connectivity index (χ3n) is 0. The van der Waals surface area contributed by atoms with Gasteiger partial charge in [0.15, 0.2) is 0 Å². The van der Waals surface area contributed by atoms with Crippen molar-refractivity contribution in [2.24, 2.45) is 0 Å². The van der Waals surface area contributed by atoms with E-state index >= 15 is 0 Å². The Morgan fingerprint density at radius 1 is 0.333 bits per heavy atom. The van der Waals surface area contributed by atoms with Crippen LogP contribution in [0.25, 0.3) is 0 Å². The van der Waals surface area contributed by atoms with Crippen LogP contribution in [0, 0.1) is 0 Å². The van der Waals surface area contributed by atoms with Crippen LogP contribution in [0.3, 0.4) is 0 Å². The van der Waals surface area contributed by atoms with Gasteiger partial charge < -0.3 is 137 Å². The van der Waals surface area contributed by atoms with Gasteiger partial charge in [0.05, 0.1) is 0 Å². The molecule has 0 atom stereocenters. The normalized spacial score (nSPS) is 1.00. The molecule has 0 amide bonds. The van der Waals surface area contributed by atoms with Crippen LogP contribution in [-0.2, 0) is 264 Å². The Morgan fingerprint density at radius 3 is 0.333 bits per heavy atom. The predicted molar refractivity (Wildman–Crippen MR) is 94.7 cm³/mol. The first kappa shape index (κ1) is 134. The molecule has 0 bridgehead atoms. The molecule has 0 saturated heterocycles. The molecule has 0 fully saturated rings. The van der Waals surface area contributed by atoms with E-state index < -0.39 is 0 Å². The van der Waals surface area contributed by atoms with Gasteiger partial charge in [0.1, 0.15) is 0 Å². The molecule has 0 spiro atoms. The smallest absolute Gasteiger partial charge is 1.00 e. The topological polar surface area (TPSA) is 0 Å². The number of hydrogen-bond donors (Lipinski definition) is 0. The first-order valence-electron chi connectivity index (χ1n) is 0.500. The molecular formula is CH9Mo6S11-9. The Labute approximate surface area is 265 Å². The van der Waals surface area contributed by atoms with Crippen molar-refractivity contribution in [3.8, 4) is 0 Å². The van der Waals surface area contributed by atoms with Gasteiger partial charge in [-0.15, -0.1) is 0 Å². The van der Waals surface area contributed by atoms with Gasteiger partial charge in [-0.3, -0.25) is 0 Å². The van der Waals surface area contributed by atoms with Crippen molar-refractivity contribution in [3.05, 3.63) is 0 Å². The molecule has 0 heterocycles. The molecule has 0 rings (SSSR count). The molecule has 0 saturated carbocycles. The SMILES string of the molecule is C.[Mo+2].[Mo].[Mo].[Mo].[Mo].[Mo].[S-][S-].[S-][S-].[S-][S-].[SH-].[SH-].[SH-].[SH-].[SH-]. The van der Waals surface area contributed by atoms with Crippen molar-refractivity contribution in [2.75, 3.05) is 0 Å². The molecule has 17 heteroatoms. The Kier molecular flexibility index (Phi) is 1690. The van der Waals surface area contributed by atoms with Crippen LogP contribution in [-0.4, -0.2) is 0 Å². The minimum atomic E-state index is 0. The van der Waals surface area contributed by atoms with Gasteiger partial charge in [-0.2, -0.15) is 0 Å². The summed E-state index contributed by atoms with van der Waals surface area (Å²) in [6, 6.07) is 0. The maximum atomic E-state index is 3.67. The molecule has 0 aliphatic heterocycles. The largest absolute Gasteiger partial charge is 2.00 e. The average molecular weight is 949 g/mol. The summed E-state index contributed by atoms with van der Waals surface area (Å²) in [5, 5.41) is 0. The Balaban J connectivity index is -0.000000000433. The van der Waals surface area contributed by atoms with Crippen molar-refractivity contribution in [2.45, 2.75) is 7.43 Å². The van der Waals surface area contributed by atoms with Gasteiger partial charge in [0.25, 0.3) is 0 Å². The van der Waals surface area contributed by atoms with E-state index in [4.69, 9.17) is 0 Å².